The zero-order valence-corrected chi connectivity index (χ0v) is 17.0. The van der Waals surface area contributed by atoms with Gasteiger partial charge in [0.25, 0.3) is 5.56 Å². The number of nitrogens with one attached hydrogen (secondary N) is 1. The summed E-state index contributed by atoms with van der Waals surface area (Å²) >= 11 is 12.7. The number of aromatic nitrogens is 2. The van der Waals surface area contributed by atoms with Gasteiger partial charge in [-0.15, -0.1) is 0 Å². The molecule has 1 aliphatic heterocycles. The van der Waals surface area contributed by atoms with Crippen molar-refractivity contribution in [3.05, 3.63) is 50.1 Å². The summed E-state index contributed by atoms with van der Waals surface area (Å²) in [6.45, 7) is 2.12. The summed E-state index contributed by atoms with van der Waals surface area (Å²) in [4.78, 5) is 17.6. The van der Waals surface area contributed by atoms with Gasteiger partial charge in [0.05, 0.1) is 23.9 Å². The van der Waals surface area contributed by atoms with Crippen LogP contribution in [0.2, 0.25) is 10.2 Å². The summed E-state index contributed by atoms with van der Waals surface area (Å²) < 4.78 is 7.11. The van der Waals surface area contributed by atoms with Crippen LogP contribution in [0.3, 0.4) is 0 Å². The molecule has 2 aliphatic rings. The molecule has 1 N–H and O–H groups in total. The second kappa shape index (κ2) is 7.36. The van der Waals surface area contributed by atoms with E-state index in [1.807, 2.05) is 6.07 Å². The lowest BCUT2D eigenvalue weighted by atomic mass is 9.78. The zero-order valence-electron chi connectivity index (χ0n) is 15.5. The molecule has 1 aromatic carbocycles. The van der Waals surface area contributed by atoms with E-state index in [4.69, 9.17) is 27.9 Å². The van der Waals surface area contributed by atoms with Crippen molar-refractivity contribution in [2.75, 3.05) is 12.4 Å². The van der Waals surface area contributed by atoms with E-state index in [1.165, 1.54) is 19.3 Å². The smallest absolute Gasteiger partial charge is 0.274 e. The zero-order chi connectivity index (χ0) is 19.1. The van der Waals surface area contributed by atoms with Gasteiger partial charge in [0.15, 0.2) is 0 Å². The first kappa shape index (κ1) is 18.6. The number of benzene rings is 1. The van der Waals surface area contributed by atoms with Crippen LogP contribution in [-0.2, 0) is 6.42 Å². The average Bonchev–Trinajstić information content (AvgIpc) is 3.04. The maximum atomic E-state index is 13.3. The van der Waals surface area contributed by atoms with Crippen molar-refractivity contribution in [2.24, 2.45) is 5.92 Å². The summed E-state index contributed by atoms with van der Waals surface area (Å²) in [7, 11) is 1.61. The minimum atomic E-state index is -0.249. The maximum Gasteiger partial charge on any atom is 0.274 e. The minimum Gasteiger partial charge on any atom is -0.497 e. The molecule has 0 spiro atoms. The Morgan fingerprint density at radius 3 is 2.78 bits per heavy atom. The minimum absolute atomic E-state index is 0.0634. The summed E-state index contributed by atoms with van der Waals surface area (Å²) in [6, 6.07) is 3.64. The first-order valence-electron chi connectivity index (χ1n) is 9.43. The molecule has 2 heterocycles. The molecule has 1 saturated carbocycles. The van der Waals surface area contributed by atoms with Crippen molar-refractivity contribution in [3.63, 3.8) is 0 Å². The van der Waals surface area contributed by atoms with E-state index in [0.717, 1.165) is 17.7 Å². The van der Waals surface area contributed by atoms with Gasteiger partial charge < -0.3 is 14.6 Å². The van der Waals surface area contributed by atoms with Gasteiger partial charge in [-0.2, -0.15) is 0 Å². The van der Waals surface area contributed by atoms with E-state index in [-0.39, 0.29) is 17.6 Å². The standard InChI is InChI=1S/C20H23Cl2N3O2/c1-3-16(11-5-4-6-11)25-10-17(22)24-19(20(25)26)15-8-12-7-13(27-2)9-14(21)18(12)23-15/h7,9-11,15-16,23H,3-6,8H2,1-2H3. The van der Waals surface area contributed by atoms with Crippen LogP contribution in [0.5, 0.6) is 5.75 Å². The molecule has 144 valence electrons. The predicted octanol–water partition coefficient (Wildman–Crippen LogP) is 5.02. The van der Waals surface area contributed by atoms with Crippen molar-refractivity contribution in [1.82, 2.24) is 9.55 Å². The Morgan fingerprint density at radius 2 is 2.15 bits per heavy atom. The fourth-order valence-electron chi connectivity index (χ4n) is 4.24. The summed E-state index contributed by atoms with van der Waals surface area (Å²) in [5, 5.41) is 4.29. The van der Waals surface area contributed by atoms with Crippen molar-refractivity contribution >= 4 is 28.9 Å². The molecule has 1 aliphatic carbocycles. The molecule has 0 bridgehead atoms. The SMILES string of the molecule is CCC(C1CCC1)n1cc(Cl)nc(C2Cc3cc(OC)cc(Cl)c3N2)c1=O. The van der Waals surface area contributed by atoms with E-state index >= 15 is 0 Å². The third-order valence-corrected chi connectivity index (χ3v) is 6.33. The van der Waals surface area contributed by atoms with E-state index in [1.54, 1.807) is 23.9 Å². The van der Waals surface area contributed by atoms with Crippen LogP contribution in [-0.4, -0.2) is 16.7 Å². The lowest BCUT2D eigenvalue weighted by Crippen LogP contribution is -2.35. The number of hydrogen-bond acceptors (Lipinski definition) is 4. The number of anilines is 1. The summed E-state index contributed by atoms with van der Waals surface area (Å²) in [6.07, 6.45) is 6.80. The fourth-order valence-corrected chi connectivity index (χ4v) is 4.72. The Bertz CT molecular complexity index is 924. The summed E-state index contributed by atoms with van der Waals surface area (Å²) in [5.41, 5.74) is 2.24. The second-order valence-corrected chi connectivity index (χ2v) is 8.17. The predicted molar refractivity (Wildman–Crippen MR) is 108 cm³/mol. The van der Waals surface area contributed by atoms with Crippen LogP contribution in [0.25, 0.3) is 0 Å². The first-order valence-corrected chi connectivity index (χ1v) is 10.2. The van der Waals surface area contributed by atoms with Crippen LogP contribution >= 0.6 is 23.2 Å². The first-order chi connectivity index (χ1) is 13.0. The van der Waals surface area contributed by atoms with Gasteiger partial charge in [0.2, 0.25) is 0 Å². The number of halogens is 2. The molecule has 2 aromatic rings. The molecule has 1 aromatic heterocycles. The molecule has 2 atom stereocenters. The highest BCUT2D eigenvalue weighted by Gasteiger charge is 2.32. The van der Waals surface area contributed by atoms with Gasteiger partial charge in [0.1, 0.15) is 16.6 Å². The lowest BCUT2D eigenvalue weighted by Gasteiger charge is -2.34. The van der Waals surface area contributed by atoms with Crippen LogP contribution in [0, 0.1) is 5.92 Å². The Morgan fingerprint density at radius 1 is 1.37 bits per heavy atom. The van der Waals surface area contributed by atoms with Crippen LogP contribution in [0.1, 0.15) is 55.9 Å². The maximum absolute atomic E-state index is 13.3. The molecule has 4 rings (SSSR count). The number of ether oxygens (including phenoxy) is 1. The van der Waals surface area contributed by atoms with E-state index in [2.05, 4.69) is 17.2 Å². The van der Waals surface area contributed by atoms with Gasteiger partial charge in [-0.3, -0.25) is 4.79 Å². The fraction of sp³-hybridized carbons (Fsp3) is 0.500. The molecule has 7 heteroatoms. The second-order valence-electron chi connectivity index (χ2n) is 7.37. The molecule has 0 saturated heterocycles. The Kier molecular flexibility index (Phi) is 5.08. The van der Waals surface area contributed by atoms with Gasteiger partial charge in [-0.05, 0) is 36.8 Å². The highest BCUT2D eigenvalue weighted by atomic mass is 35.5. The van der Waals surface area contributed by atoms with E-state index in [0.29, 0.717) is 34.0 Å². The van der Waals surface area contributed by atoms with Crippen molar-refractivity contribution < 1.29 is 4.74 Å². The molecule has 0 radical (unpaired) electrons. The van der Waals surface area contributed by atoms with Crippen molar-refractivity contribution in [2.45, 2.75) is 51.1 Å². The normalized spacial score (nSPS) is 19.9. The number of fused-ring (bicyclic) bond motifs is 1. The Labute approximate surface area is 168 Å². The third kappa shape index (κ3) is 3.32. The number of nitrogens with zero attached hydrogens (tertiary/aromatic N) is 2. The topological polar surface area (TPSA) is 56.1 Å². The van der Waals surface area contributed by atoms with Crippen LogP contribution in [0.15, 0.2) is 23.1 Å². The van der Waals surface area contributed by atoms with Gasteiger partial charge in [-0.1, -0.05) is 36.5 Å². The highest BCUT2D eigenvalue weighted by molar-refractivity contribution is 6.33. The summed E-state index contributed by atoms with van der Waals surface area (Å²) in [5.74, 6) is 1.25. The molecule has 0 amide bonds. The van der Waals surface area contributed by atoms with Gasteiger partial charge >= 0.3 is 0 Å². The molecule has 1 fully saturated rings. The quantitative estimate of drug-likeness (QED) is 0.755. The molecular weight excluding hydrogens is 385 g/mol. The number of methoxy groups -OCH3 is 1. The average molecular weight is 408 g/mol. The van der Waals surface area contributed by atoms with Gasteiger partial charge in [-0.25, -0.2) is 4.98 Å². The highest BCUT2D eigenvalue weighted by Crippen LogP contribution is 2.41. The van der Waals surface area contributed by atoms with Gasteiger partial charge in [0, 0.05) is 24.7 Å². The Balaban J connectivity index is 1.70. The monoisotopic (exact) mass is 407 g/mol. The number of rotatable bonds is 5. The van der Waals surface area contributed by atoms with Crippen LogP contribution < -0.4 is 15.6 Å². The lowest BCUT2D eigenvalue weighted by molar-refractivity contribution is 0.199. The van der Waals surface area contributed by atoms with E-state index < -0.39 is 0 Å². The number of hydrogen-bond donors (Lipinski definition) is 1. The molecule has 27 heavy (non-hydrogen) atoms. The largest absolute Gasteiger partial charge is 0.497 e. The molecular formula is C20H23Cl2N3O2. The Hall–Kier alpha value is -1.72. The van der Waals surface area contributed by atoms with E-state index in [9.17, 15) is 4.79 Å². The molecule has 5 nitrogen and oxygen atoms in total. The van der Waals surface area contributed by atoms with Crippen molar-refractivity contribution in [1.29, 1.82) is 0 Å². The molecule has 2 unspecified atom stereocenters. The third-order valence-electron chi connectivity index (χ3n) is 5.85. The van der Waals surface area contributed by atoms with Crippen molar-refractivity contribution in [3.8, 4) is 5.75 Å². The van der Waals surface area contributed by atoms with Crippen LogP contribution in [0.4, 0.5) is 5.69 Å².